The van der Waals surface area contributed by atoms with Crippen molar-refractivity contribution in [2.75, 3.05) is 19.8 Å². The molecular formula is C5H11NO4S. The van der Waals surface area contributed by atoms with Gasteiger partial charge in [0.15, 0.2) is 6.29 Å². The molecule has 6 heteroatoms. The second-order valence-corrected chi connectivity index (χ2v) is 3.63. The molecule has 5 nitrogen and oxygen atoms in total. The zero-order valence-electron chi connectivity index (χ0n) is 6.40. The van der Waals surface area contributed by atoms with Gasteiger partial charge in [-0.3, -0.25) is 4.18 Å². The maximum atomic E-state index is 10.5. The van der Waals surface area contributed by atoms with Crippen molar-refractivity contribution in [3.8, 4) is 0 Å². The quantitative estimate of drug-likeness (QED) is 0.424. The van der Waals surface area contributed by atoms with Gasteiger partial charge in [0.1, 0.15) is 6.10 Å². The van der Waals surface area contributed by atoms with Gasteiger partial charge in [-0.2, -0.15) is 8.42 Å². The fourth-order valence-electron chi connectivity index (χ4n) is 0.531. The molecule has 0 aromatic heterocycles. The Morgan fingerprint density at radius 1 is 1.64 bits per heavy atom. The molecule has 0 heterocycles. The van der Waals surface area contributed by atoms with Crippen molar-refractivity contribution in [3.05, 3.63) is 0 Å². The molecule has 0 aliphatic rings. The van der Waals surface area contributed by atoms with Crippen molar-refractivity contribution in [1.29, 1.82) is 0 Å². The summed E-state index contributed by atoms with van der Waals surface area (Å²) < 4.78 is 25.3. The van der Waals surface area contributed by atoms with Gasteiger partial charge < -0.3 is 10.1 Å². The van der Waals surface area contributed by atoms with Gasteiger partial charge in [-0.15, -0.1) is 0 Å². The molecule has 0 bridgehead atoms. The Balaban J connectivity index is 3.98. The van der Waals surface area contributed by atoms with Crippen molar-refractivity contribution < 1.29 is 17.4 Å². The summed E-state index contributed by atoms with van der Waals surface area (Å²) in [5.74, 6) is 0. The van der Waals surface area contributed by atoms with Gasteiger partial charge in [-0.05, 0) is 7.05 Å². The van der Waals surface area contributed by atoms with Crippen LogP contribution in [-0.2, 0) is 19.1 Å². The number of hydrogen-bond donors (Lipinski definition) is 1. The predicted octanol–water partition coefficient (Wildman–Crippen LogP) is -1.25. The molecule has 11 heavy (non-hydrogen) atoms. The number of carbonyl (C=O) groups is 1. The van der Waals surface area contributed by atoms with Gasteiger partial charge in [0, 0.05) is 6.54 Å². The highest BCUT2D eigenvalue weighted by Crippen LogP contribution is 1.92. The molecule has 1 atom stereocenters. The topological polar surface area (TPSA) is 72.5 Å². The molecule has 0 saturated carbocycles. The van der Waals surface area contributed by atoms with E-state index in [1.54, 1.807) is 7.05 Å². The van der Waals surface area contributed by atoms with Crippen molar-refractivity contribution in [1.82, 2.24) is 5.32 Å². The Kier molecular flexibility index (Phi) is 4.24. The smallest absolute Gasteiger partial charge is 0.265 e. The summed E-state index contributed by atoms with van der Waals surface area (Å²) >= 11 is 0. The molecule has 1 unspecified atom stereocenters. The first-order valence-electron chi connectivity index (χ1n) is 2.97. The van der Waals surface area contributed by atoms with E-state index in [9.17, 15) is 13.2 Å². The van der Waals surface area contributed by atoms with E-state index in [4.69, 9.17) is 0 Å². The van der Waals surface area contributed by atoms with Crippen LogP contribution in [0.3, 0.4) is 0 Å². The summed E-state index contributed by atoms with van der Waals surface area (Å²) in [5.41, 5.74) is 0. The Labute approximate surface area is 65.9 Å². The average Bonchev–Trinajstić information content (AvgIpc) is 1.84. The fraction of sp³-hybridized carbons (Fsp3) is 0.800. The summed E-state index contributed by atoms with van der Waals surface area (Å²) in [6.45, 7) is 0.191. The molecule has 0 amide bonds. The third-order valence-corrected chi connectivity index (χ3v) is 1.45. The number of hydrogen-bond acceptors (Lipinski definition) is 5. The second-order valence-electron chi connectivity index (χ2n) is 2.03. The lowest BCUT2D eigenvalue weighted by Gasteiger charge is -2.07. The molecule has 1 N–H and O–H groups in total. The van der Waals surface area contributed by atoms with E-state index in [1.165, 1.54) is 0 Å². The van der Waals surface area contributed by atoms with Crippen LogP contribution in [0.4, 0.5) is 0 Å². The standard InChI is InChI=1S/C5H11NO4S/c1-6-3-5(4-7)10-11(2,8)9/h4-6H,3H2,1-2H3. The van der Waals surface area contributed by atoms with Gasteiger partial charge in [0.2, 0.25) is 0 Å². The van der Waals surface area contributed by atoms with Crippen LogP contribution in [-0.4, -0.2) is 40.7 Å². The van der Waals surface area contributed by atoms with Gasteiger partial charge in [-0.1, -0.05) is 0 Å². The van der Waals surface area contributed by atoms with Crippen molar-refractivity contribution in [2.45, 2.75) is 6.10 Å². The molecule has 0 saturated heterocycles. The normalized spacial score (nSPS) is 14.4. The molecule has 0 rings (SSSR count). The number of carbonyl (C=O) groups excluding carboxylic acids is 1. The first kappa shape index (κ1) is 10.5. The summed E-state index contributed by atoms with van der Waals surface area (Å²) in [6, 6.07) is 0. The van der Waals surface area contributed by atoms with Crippen LogP contribution in [0, 0.1) is 0 Å². The summed E-state index contributed by atoms with van der Waals surface area (Å²) in [6.07, 6.45) is 0.423. The summed E-state index contributed by atoms with van der Waals surface area (Å²) in [5, 5.41) is 2.62. The first-order chi connectivity index (χ1) is 4.99. The molecular weight excluding hydrogens is 170 g/mol. The predicted molar refractivity (Wildman–Crippen MR) is 39.7 cm³/mol. The fourth-order valence-corrected chi connectivity index (χ4v) is 1.09. The largest absolute Gasteiger partial charge is 0.317 e. The molecule has 0 aliphatic carbocycles. The van der Waals surface area contributed by atoms with Gasteiger partial charge in [0.05, 0.1) is 6.26 Å². The maximum Gasteiger partial charge on any atom is 0.265 e. The lowest BCUT2D eigenvalue weighted by molar-refractivity contribution is -0.113. The van der Waals surface area contributed by atoms with Crippen molar-refractivity contribution in [2.24, 2.45) is 0 Å². The third-order valence-electron chi connectivity index (χ3n) is 0.855. The van der Waals surface area contributed by atoms with Crippen LogP contribution in [0.15, 0.2) is 0 Å². The number of rotatable bonds is 5. The van der Waals surface area contributed by atoms with Crippen molar-refractivity contribution >= 4 is 16.4 Å². The van der Waals surface area contributed by atoms with Crippen LogP contribution in [0.25, 0.3) is 0 Å². The van der Waals surface area contributed by atoms with E-state index in [-0.39, 0.29) is 6.54 Å². The van der Waals surface area contributed by atoms with E-state index in [1.807, 2.05) is 0 Å². The lowest BCUT2D eigenvalue weighted by atomic mass is 10.4. The average molecular weight is 181 g/mol. The monoisotopic (exact) mass is 181 g/mol. The van der Waals surface area contributed by atoms with Crippen molar-refractivity contribution in [3.63, 3.8) is 0 Å². The molecule has 66 valence electrons. The van der Waals surface area contributed by atoms with Crippen LogP contribution in [0.5, 0.6) is 0 Å². The van der Waals surface area contributed by atoms with Gasteiger partial charge in [-0.25, -0.2) is 0 Å². The highest BCUT2D eigenvalue weighted by Gasteiger charge is 2.12. The lowest BCUT2D eigenvalue weighted by Crippen LogP contribution is -2.29. The molecule has 0 aliphatic heterocycles. The Morgan fingerprint density at radius 3 is 2.45 bits per heavy atom. The number of nitrogens with one attached hydrogen (secondary N) is 1. The van der Waals surface area contributed by atoms with Crippen LogP contribution in [0.1, 0.15) is 0 Å². The summed E-state index contributed by atoms with van der Waals surface area (Å²) in [7, 11) is -1.93. The summed E-state index contributed by atoms with van der Waals surface area (Å²) in [4.78, 5) is 10.1. The first-order valence-corrected chi connectivity index (χ1v) is 4.79. The van der Waals surface area contributed by atoms with E-state index in [2.05, 4.69) is 9.50 Å². The molecule has 0 fully saturated rings. The van der Waals surface area contributed by atoms with E-state index < -0.39 is 16.2 Å². The maximum absolute atomic E-state index is 10.5. The van der Waals surface area contributed by atoms with Gasteiger partial charge in [0.25, 0.3) is 10.1 Å². The van der Waals surface area contributed by atoms with Crippen LogP contribution < -0.4 is 5.32 Å². The second kappa shape index (κ2) is 4.42. The Bertz CT molecular complexity index is 211. The highest BCUT2D eigenvalue weighted by molar-refractivity contribution is 7.86. The number of likely N-dealkylation sites (N-methyl/N-ethyl adjacent to an activating group) is 1. The Hall–Kier alpha value is -0.460. The molecule has 0 aromatic rings. The van der Waals surface area contributed by atoms with Gasteiger partial charge >= 0.3 is 0 Å². The Morgan fingerprint density at radius 2 is 2.18 bits per heavy atom. The number of aldehydes is 1. The molecule has 0 radical (unpaired) electrons. The minimum absolute atomic E-state index is 0.191. The van der Waals surface area contributed by atoms with Crippen LogP contribution >= 0.6 is 0 Å². The van der Waals surface area contributed by atoms with E-state index >= 15 is 0 Å². The minimum atomic E-state index is -3.53. The minimum Gasteiger partial charge on any atom is -0.317 e. The molecule has 0 aromatic carbocycles. The molecule has 0 spiro atoms. The zero-order chi connectivity index (χ0) is 8.91. The van der Waals surface area contributed by atoms with E-state index in [0.717, 1.165) is 6.26 Å². The van der Waals surface area contributed by atoms with Crippen LogP contribution in [0.2, 0.25) is 0 Å². The highest BCUT2D eigenvalue weighted by atomic mass is 32.2. The van der Waals surface area contributed by atoms with E-state index in [0.29, 0.717) is 6.29 Å². The zero-order valence-corrected chi connectivity index (χ0v) is 7.22. The third kappa shape index (κ3) is 5.96. The SMILES string of the molecule is CNCC(C=O)OS(C)(=O)=O.